The van der Waals surface area contributed by atoms with E-state index in [9.17, 15) is 0 Å². The van der Waals surface area contributed by atoms with Crippen LogP contribution in [0.3, 0.4) is 0 Å². The zero-order valence-electron chi connectivity index (χ0n) is 13.2. The van der Waals surface area contributed by atoms with Gasteiger partial charge in [0.2, 0.25) is 0 Å². The van der Waals surface area contributed by atoms with Gasteiger partial charge in [-0.25, -0.2) is 24.3 Å². The van der Waals surface area contributed by atoms with E-state index < -0.39 is 0 Å². The summed E-state index contributed by atoms with van der Waals surface area (Å²) in [6, 6.07) is 0. The van der Waals surface area contributed by atoms with Crippen molar-refractivity contribution in [1.29, 1.82) is 0 Å². The molecule has 0 aliphatic heterocycles. The molecule has 0 spiro atoms. The first kappa shape index (κ1) is 28.2. The molecule has 0 unspecified atom stereocenters. The van der Waals surface area contributed by atoms with Crippen LogP contribution in [0.1, 0.15) is 26.7 Å². The molecule has 4 heteroatoms. The summed E-state index contributed by atoms with van der Waals surface area (Å²) in [5.74, 6) is 0. The third kappa shape index (κ3) is 52.0. The first-order valence-electron chi connectivity index (χ1n) is 6.58. The molecule has 2 aliphatic rings. The predicted octanol–water partition coefficient (Wildman–Crippen LogP) is 1.86. The average Bonchev–Trinajstić information content (AvgIpc) is 3.11. The Bertz CT molecular complexity index is 190. The standard InChI is InChI=1S/2C5H5.2C2H5O.C2H7Si.Zr/c2*1-2-4-5-3-1;2*1-2-3;1-3-2;/h2*1-3H,4H2;2*2H2,1H3;3H,1-2H3;/q4*-1;;+4. The van der Waals surface area contributed by atoms with Gasteiger partial charge in [-0.05, 0) is 0 Å². The van der Waals surface area contributed by atoms with Crippen LogP contribution < -0.4 is 10.2 Å². The van der Waals surface area contributed by atoms with Gasteiger partial charge >= 0.3 is 26.2 Å². The first-order chi connectivity index (χ1) is 9.24. The summed E-state index contributed by atoms with van der Waals surface area (Å²) < 4.78 is 0. The molecule has 2 rings (SSSR count). The average molecular weight is 371 g/mol. The molecule has 0 saturated carbocycles. The van der Waals surface area contributed by atoms with Gasteiger partial charge in [0, 0.05) is 9.52 Å². The minimum atomic E-state index is 0. The molecule has 0 amide bonds. The summed E-state index contributed by atoms with van der Waals surface area (Å²) in [4.78, 5) is 0. The Balaban J connectivity index is -0.0000000816. The maximum absolute atomic E-state index is 8.93. The van der Waals surface area contributed by atoms with Crippen molar-refractivity contribution in [1.82, 2.24) is 0 Å². The molecule has 0 atom stereocenters. The smallest absolute Gasteiger partial charge is 0.855 e. The van der Waals surface area contributed by atoms with E-state index in [0.717, 1.165) is 22.4 Å². The number of allylic oxidation sites excluding steroid dienone is 8. The van der Waals surface area contributed by atoms with Crippen LogP contribution in [0.25, 0.3) is 0 Å². The topological polar surface area (TPSA) is 46.1 Å². The van der Waals surface area contributed by atoms with E-state index in [0.29, 0.717) is 0 Å². The van der Waals surface area contributed by atoms with Crippen molar-refractivity contribution in [2.75, 3.05) is 13.2 Å². The summed E-state index contributed by atoms with van der Waals surface area (Å²) in [7, 11) is 0.750. The Morgan fingerprint density at radius 3 is 1.20 bits per heavy atom. The van der Waals surface area contributed by atoms with Crippen LogP contribution in [0, 0.1) is 12.2 Å². The SMILES string of the molecule is CC[O-].CC[O-].C[SiH]C.[C-]1=CC=CC1.[C-]1=CC=CC1.[Zr+4]. The van der Waals surface area contributed by atoms with Crippen LogP contribution in [0.4, 0.5) is 0 Å². The van der Waals surface area contributed by atoms with Gasteiger partial charge in [-0.2, -0.15) is 12.2 Å². The fourth-order valence-electron chi connectivity index (χ4n) is 0.680. The Labute approximate surface area is 147 Å². The molecule has 0 heterocycles. The van der Waals surface area contributed by atoms with Crippen LogP contribution in [-0.2, 0) is 26.2 Å². The molecular weight excluding hydrogens is 343 g/mol. The quantitative estimate of drug-likeness (QED) is 0.483. The predicted molar refractivity (Wildman–Crippen MR) is 83.1 cm³/mol. The fourth-order valence-corrected chi connectivity index (χ4v) is 0.680. The first-order valence-corrected chi connectivity index (χ1v) is 8.89. The third-order valence-corrected chi connectivity index (χ3v) is 1.17. The molecule has 2 nitrogen and oxygen atoms in total. The van der Waals surface area contributed by atoms with Gasteiger partial charge in [0.25, 0.3) is 0 Å². The molecule has 0 saturated heterocycles. The second-order valence-electron chi connectivity index (χ2n) is 3.16. The zero-order chi connectivity index (χ0) is 15.2. The minimum Gasteiger partial charge on any atom is -0.855 e. The fraction of sp³-hybridized carbons (Fsp3) is 0.500. The molecule has 20 heavy (non-hydrogen) atoms. The van der Waals surface area contributed by atoms with Gasteiger partial charge in [0.05, 0.1) is 0 Å². The van der Waals surface area contributed by atoms with Gasteiger partial charge < -0.3 is 10.2 Å². The van der Waals surface area contributed by atoms with Gasteiger partial charge in [0.1, 0.15) is 0 Å². The van der Waals surface area contributed by atoms with Crippen LogP contribution in [0.5, 0.6) is 0 Å². The maximum atomic E-state index is 8.93. The van der Waals surface area contributed by atoms with Crippen molar-refractivity contribution < 1.29 is 36.4 Å². The Kier molecular flexibility index (Phi) is 51.3. The van der Waals surface area contributed by atoms with E-state index in [1.54, 1.807) is 13.8 Å². The van der Waals surface area contributed by atoms with Crippen molar-refractivity contribution in [3.05, 3.63) is 48.6 Å². The second-order valence-corrected chi connectivity index (χ2v) is 4.32. The molecule has 0 fully saturated rings. The Morgan fingerprint density at radius 2 is 1.15 bits per heavy atom. The van der Waals surface area contributed by atoms with Gasteiger partial charge in [0.15, 0.2) is 0 Å². The van der Waals surface area contributed by atoms with Crippen LogP contribution in [0.15, 0.2) is 36.5 Å². The molecule has 0 aromatic carbocycles. The molecule has 1 radical (unpaired) electrons. The van der Waals surface area contributed by atoms with Crippen molar-refractivity contribution in [3.8, 4) is 0 Å². The summed E-state index contributed by atoms with van der Waals surface area (Å²) >= 11 is 0. The zero-order valence-corrected chi connectivity index (χ0v) is 16.8. The third-order valence-electron chi connectivity index (χ3n) is 1.17. The van der Waals surface area contributed by atoms with E-state index in [4.69, 9.17) is 10.2 Å². The molecule has 0 aromatic heterocycles. The van der Waals surface area contributed by atoms with E-state index in [-0.39, 0.29) is 39.4 Å². The van der Waals surface area contributed by atoms with Gasteiger partial charge in [-0.1, -0.05) is 26.9 Å². The van der Waals surface area contributed by atoms with Gasteiger partial charge in [-0.15, -0.1) is 26.1 Å². The van der Waals surface area contributed by atoms with E-state index in [1.165, 1.54) is 0 Å². The molecule has 0 bridgehead atoms. The van der Waals surface area contributed by atoms with Crippen molar-refractivity contribution >= 4 is 9.52 Å². The summed E-state index contributed by atoms with van der Waals surface area (Å²) in [5, 5.41) is 17.9. The monoisotopic (exact) mass is 369 g/mol. The molecule has 111 valence electrons. The van der Waals surface area contributed by atoms with Crippen LogP contribution in [0.2, 0.25) is 13.1 Å². The molecule has 0 aromatic rings. The minimum absolute atomic E-state index is 0. The molecule has 2 aliphatic carbocycles. The van der Waals surface area contributed by atoms with E-state index >= 15 is 0 Å². The summed E-state index contributed by atoms with van der Waals surface area (Å²) in [5.41, 5.74) is 0. The number of hydrogen-bond donors (Lipinski definition) is 0. The van der Waals surface area contributed by atoms with Crippen molar-refractivity contribution in [2.24, 2.45) is 0 Å². The van der Waals surface area contributed by atoms with Crippen molar-refractivity contribution in [2.45, 2.75) is 39.8 Å². The summed E-state index contributed by atoms with van der Waals surface area (Å²) in [6.07, 6.45) is 20.0. The van der Waals surface area contributed by atoms with E-state index in [1.807, 2.05) is 24.3 Å². The van der Waals surface area contributed by atoms with Crippen LogP contribution in [-0.4, -0.2) is 22.7 Å². The second kappa shape index (κ2) is 36.4. The Morgan fingerprint density at radius 1 is 0.900 bits per heavy atom. The number of hydrogen-bond acceptors (Lipinski definition) is 2. The van der Waals surface area contributed by atoms with Gasteiger partial charge in [-0.3, -0.25) is 12.2 Å². The molecule has 0 N–H and O–H groups in total. The molecular formula is C16H27O2SiZr. The largest absolute Gasteiger partial charge is 4.00 e. The normalized spacial score (nSPS) is 11.5. The number of rotatable bonds is 0. The van der Waals surface area contributed by atoms with Crippen LogP contribution >= 0.6 is 0 Å². The van der Waals surface area contributed by atoms with Crippen molar-refractivity contribution in [3.63, 3.8) is 0 Å². The van der Waals surface area contributed by atoms with E-state index in [2.05, 4.69) is 37.4 Å². The Hall–Kier alpha value is -0.0200. The summed E-state index contributed by atoms with van der Waals surface area (Å²) in [6.45, 7) is 7.56. The maximum Gasteiger partial charge on any atom is 4.00 e.